The van der Waals surface area contributed by atoms with Gasteiger partial charge in [0.2, 0.25) is 0 Å². The molecule has 20 heavy (non-hydrogen) atoms. The largest absolute Gasteiger partial charge is 0.477 e. The van der Waals surface area contributed by atoms with Crippen LogP contribution in [0.4, 0.5) is 5.69 Å². The zero-order valence-corrected chi connectivity index (χ0v) is 11.3. The number of nitrogens with zero attached hydrogens (tertiary/aromatic N) is 2. The van der Waals surface area contributed by atoms with Crippen LogP contribution in [-0.2, 0) is 9.53 Å². The summed E-state index contributed by atoms with van der Waals surface area (Å²) in [4.78, 5) is 23.7. The van der Waals surface area contributed by atoms with Gasteiger partial charge in [-0.05, 0) is 6.07 Å². The summed E-state index contributed by atoms with van der Waals surface area (Å²) in [6.45, 7) is 1.72. The molecule has 1 heterocycles. The van der Waals surface area contributed by atoms with E-state index in [1.54, 1.807) is 4.90 Å². The van der Waals surface area contributed by atoms with Gasteiger partial charge in [0.05, 0.1) is 18.1 Å². The first kappa shape index (κ1) is 14.5. The van der Waals surface area contributed by atoms with E-state index >= 15 is 0 Å². The Morgan fingerprint density at radius 2 is 2.15 bits per heavy atom. The quantitative estimate of drug-likeness (QED) is 0.621. The molecule has 1 aliphatic heterocycles. The summed E-state index contributed by atoms with van der Waals surface area (Å²) in [5.74, 6) is -0.244. The third-order valence-electron chi connectivity index (χ3n) is 2.83. The molecule has 7 nitrogen and oxygen atoms in total. The van der Waals surface area contributed by atoms with E-state index in [1.807, 2.05) is 0 Å². The lowest BCUT2D eigenvalue weighted by molar-refractivity contribution is -0.385. The molecule has 1 amide bonds. The van der Waals surface area contributed by atoms with Crippen molar-refractivity contribution in [2.45, 2.75) is 0 Å². The zero-order valence-electron chi connectivity index (χ0n) is 10.6. The number of nitro groups is 1. The van der Waals surface area contributed by atoms with Crippen molar-refractivity contribution in [3.8, 4) is 5.75 Å². The van der Waals surface area contributed by atoms with Crippen molar-refractivity contribution in [2.75, 3.05) is 32.9 Å². The number of hydrogen-bond donors (Lipinski definition) is 0. The van der Waals surface area contributed by atoms with Crippen molar-refractivity contribution in [1.29, 1.82) is 0 Å². The van der Waals surface area contributed by atoms with Gasteiger partial charge in [-0.2, -0.15) is 0 Å². The smallest absolute Gasteiger partial charge is 0.311 e. The van der Waals surface area contributed by atoms with Gasteiger partial charge in [-0.3, -0.25) is 14.9 Å². The highest BCUT2D eigenvalue weighted by Gasteiger charge is 2.20. The third-order valence-corrected chi connectivity index (χ3v) is 3.07. The standard InChI is InChI=1S/C12H13ClN2O5/c13-9-1-2-10(15(17)18)11(7-9)20-8-12(16)14-3-5-19-6-4-14/h1-2,7H,3-6,8H2. The minimum atomic E-state index is -0.578. The Morgan fingerprint density at radius 3 is 2.80 bits per heavy atom. The number of hydrogen-bond acceptors (Lipinski definition) is 5. The van der Waals surface area contributed by atoms with Gasteiger partial charge >= 0.3 is 5.69 Å². The Balaban J connectivity index is 2.01. The van der Waals surface area contributed by atoms with Gasteiger partial charge in [0.1, 0.15) is 0 Å². The second kappa shape index (κ2) is 6.53. The van der Waals surface area contributed by atoms with E-state index in [2.05, 4.69) is 0 Å². The Labute approximate surface area is 120 Å². The highest BCUT2D eigenvalue weighted by molar-refractivity contribution is 6.30. The molecule has 0 atom stereocenters. The Morgan fingerprint density at radius 1 is 1.45 bits per heavy atom. The van der Waals surface area contributed by atoms with Crippen LogP contribution in [-0.4, -0.2) is 48.6 Å². The molecule has 0 aliphatic carbocycles. The second-order valence-corrected chi connectivity index (χ2v) is 4.59. The maximum Gasteiger partial charge on any atom is 0.311 e. The summed E-state index contributed by atoms with van der Waals surface area (Å²) in [7, 11) is 0. The van der Waals surface area contributed by atoms with Gasteiger partial charge in [-0.1, -0.05) is 11.6 Å². The highest BCUT2D eigenvalue weighted by Crippen LogP contribution is 2.29. The van der Waals surface area contributed by atoms with Crippen molar-refractivity contribution in [1.82, 2.24) is 4.90 Å². The van der Waals surface area contributed by atoms with E-state index in [9.17, 15) is 14.9 Å². The number of carbonyl (C=O) groups excluding carboxylic acids is 1. The molecular formula is C12H13ClN2O5. The lowest BCUT2D eigenvalue weighted by atomic mass is 10.3. The van der Waals surface area contributed by atoms with Crippen molar-refractivity contribution < 1.29 is 19.2 Å². The molecule has 1 saturated heterocycles. The normalized spacial score (nSPS) is 14.9. The average Bonchev–Trinajstić information content (AvgIpc) is 2.45. The van der Waals surface area contributed by atoms with Gasteiger partial charge in [-0.25, -0.2) is 0 Å². The summed E-state index contributed by atoms with van der Waals surface area (Å²) < 4.78 is 10.4. The number of ether oxygens (including phenoxy) is 2. The number of carbonyl (C=O) groups is 1. The van der Waals surface area contributed by atoms with Crippen LogP contribution in [0.15, 0.2) is 18.2 Å². The molecular weight excluding hydrogens is 288 g/mol. The van der Waals surface area contributed by atoms with E-state index in [-0.39, 0.29) is 24.0 Å². The predicted molar refractivity (Wildman–Crippen MR) is 71.0 cm³/mol. The highest BCUT2D eigenvalue weighted by atomic mass is 35.5. The predicted octanol–water partition coefficient (Wildman–Crippen LogP) is 1.49. The summed E-state index contributed by atoms with van der Waals surface area (Å²) >= 11 is 5.77. The molecule has 1 aromatic rings. The number of halogens is 1. The fraction of sp³-hybridized carbons (Fsp3) is 0.417. The Kier molecular flexibility index (Phi) is 4.75. The van der Waals surface area contributed by atoms with Crippen molar-refractivity contribution in [3.05, 3.63) is 33.3 Å². The van der Waals surface area contributed by atoms with Gasteiger partial charge in [0.15, 0.2) is 12.4 Å². The first-order valence-corrected chi connectivity index (χ1v) is 6.38. The molecule has 0 aromatic heterocycles. The summed E-state index contributed by atoms with van der Waals surface area (Å²) in [6.07, 6.45) is 0. The molecule has 0 bridgehead atoms. The monoisotopic (exact) mass is 300 g/mol. The maximum absolute atomic E-state index is 11.9. The van der Waals surface area contributed by atoms with Crippen molar-refractivity contribution in [3.63, 3.8) is 0 Å². The molecule has 1 aliphatic rings. The second-order valence-electron chi connectivity index (χ2n) is 4.15. The van der Waals surface area contributed by atoms with Gasteiger partial charge in [0, 0.05) is 30.2 Å². The molecule has 1 aromatic carbocycles. The molecule has 0 unspecified atom stereocenters. The van der Waals surface area contributed by atoms with Crippen LogP contribution < -0.4 is 4.74 Å². The molecule has 1 fully saturated rings. The molecule has 8 heteroatoms. The maximum atomic E-state index is 11.9. The van der Waals surface area contributed by atoms with E-state index in [4.69, 9.17) is 21.1 Å². The first-order valence-electron chi connectivity index (χ1n) is 6.00. The molecule has 0 saturated carbocycles. The van der Waals surface area contributed by atoms with Crippen LogP contribution in [0, 0.1) is 10.1 Å². The molecule has 0 spiro atoms. The fourth-order valence-corrected chi connectivity index (χ4v) is 1.96. The van der Waals surface area contributed by atoms with Crippen LogP contribution in [0.5, 0.6) is 5.75 Å². The van der Waals surface area contributed by atoms with Crippen LogP contribution in [0.2, 0.25) is 5.02 Å². The number of nitro benzene ring substituents is 1. The first-order chi connectivity index (χ1) is 9.58. The number of benzene rings is 1. The molecule has 108 valence electrons. The number of rotatable bonds is 4. The fourth-order valence-electron chi connectivity index (χ4n) is 1.80. The van der Waals surface area contributed by atoms with Gasteiger partial charge in [0.25, 0.3) is 5.91 Å². The van der Waals surface area contributed by atoms with Crippen molar-refractivity contribution in [2.24, 2.45) is 0 Å². The number of morpholine rings is 1. The van der Waals surface area contributed by atoms with E-state index in [1.165, 1.54) is 18.2 Å². The van der Waals surface area contributed by atoms with E-state index in [0.29, 0.717) is 31.3 Å². The van der Waals surface area contributed by atoms with E-state index < -0.39 is 4.92 Å². The van der Waals surface area contributed by atoms with Gasteiger partial charge in [-0.15, -0.1) is 0 Å². The summed E-state index contributed by atoms with van der Waals surface area (Å²) in [5, 5.41) is 11.2. The molecule has 2 rings (SSSR count). The van der Waals surface area contributed by atoms with E-state index in [0.717, 1.165) is 0 Å². The Hall–Kier alpha value is -1.86. The van der Waals surface area contributed by atoms with Gasteiger partial charge < -0.3 is 14.4 Å². The summed E-state index contributed by atoms with van der Waals surface area (Å²) in [5.41, 5.74) is -0.218. The minimum Gasteiger partial charge on any atom is -0.477 e. The average molecular weight is 301 g/mol. The van der Waals surface area contributed by atoms with Crippen LogP contribution in [0.1, 0.15) is 0 Å². The SMILES string of the molecule is O=C(COc1cc(Cl)ccc1[N+](=O)[O-])N1CCOCC1. The van der Waals surface area contributed by atoms with Crippen molar-refractivity contribution >= 4 is 23.2 Å². The minimum absolute atomic E-state index is 0.0101. The molecule has 0 radical (unpaired) electrons. The summed E-state index contributed by atoms with van der Waals surface area (Å²) in [6, 6.07) is 3.97. The lowest BCUT2D eigenvalue weighted by Crippen LogP contribution is -2.43. The van der Waals surface area contributed by atoms with Crippen LogP contribution >= 0.6 is 11.6 Å². The zero-order chi connectivity index (χ0) is 14.5. The Bertz CT molecular complexity index is 517. The molecule has 0 N–H and O–H groups in total. The number of amides is 1. The third kappa shape index (κ3) is 3.58. The van der Waals surface area contributed by atoms with Crippen LogP contribution in [0.3, 0.4) is 0 Å². The topological polar surface area (TPSA) is 81.9 Å². The lowest BCUT2D eigenvalue weighted by Gasteiger charge is -2.26. The van der Waals surface area contributed by atoms with Crippen LogP contribution in [0.25, 0.3) is 0 Å².